The molecule has 34 heavy (non-hydrogen) atoms. The fourth-order valence-corrected chi connectivity index (χ4v) is 4.57. The lowest BCUT2D eigenvalue weighted by molar-refractivity contribution is -0.153. The number of imidazole rings is 1. The molecule has 0 spiro atoms. The third-order valence-corrected chi connectivity index (χ3v) is 6.17. The van der Waals surface area contributed by atoms with E-state index in [1.165, 1.54) is 0 Å². The van der Waals surface area contributed by atoms with Gasteiger partial charge in [0.05, 0.1) is 37.9 Å². The summed E-state index contributed by atoms with van der Waals surface area (Å²) in [6.07, 6.45) is 0.775. The second-order valence-electron chi connectivity index (χ2n) is 8.70. The first-order chi connectivity index (χ1) is 16.4. The minimum atomic E-state index is -1.10. The molecule has 0 saturated carbocycles. The maximum Gasteiger partial charge on any atom is 0.321 e. The van der Waals surface area contributed by atoms with Crippen molar-refractivity contribution in [1.29, 1.82) is 0 Å². The number of nitrogens with zero attached hydrogens (tertiary/aromatic N) is 3. The predicted octanol–water partition coefficient (Wildman–Crippen LogP) is 4.21. The molecule has 0 aliphatic carbocycles. The topological polar surface area (TPSA) is 82.9 Å². The molecule has 0 N–H and O–H groups in total. The summed E-state index contributed by atoms with van der Waals surface area (Å²) >= 11 is 0. The SMILES string of the molecule is CCOC(=O)C1C(=O)N(CCC(C)C)c2nc3ccccc3n2C1c1cccc(OC)c1OC. The number of anilines is 1. The Morgan fingerprint density at radius 1 is 1.09 bits per heavy atom. The summed E-state index contributed by atoms with van der Waals surface area (Å²) in [4.78, 5) is 33.7. The quantitative estimate of drug-likeness (QED) is 0.366. The fraction of sp³-hybridized carbons (Fsp3) is 0.423. The summed E-state index contributed by atoms with van der Waals surface area (Å²) in [5.74, 6) is -0.111. The second-order valence-corrected chi connectivity index (χ2v) is 8.70. The molecular formula is C26H31N3O5. The molecule has 2 aromatic carbocycles. The number of rotatable bonds is 8. The van der Waals surface area contributed by atoms with Crippen LogP contribution in [0.4, 0.5) is 5.95 Å². The largest absolute Gasteiger partial charge is 0.493 e. The van der Waals surface area contributed by atoms with Crippen molar-refractivity contribution in [3.8, 4) is 11.5 Å². The van der Waals surface area contributed by atoms with Gasteiger partial charge in [0.1, 0.15) is 0 Å². The molecule has 2 atom stereocenters. The van der Waals surface area contributed by atoms with Crippen LogP contribution in [0.1, 0.15) is 38.8 Å². The number of hydrogen-bond donors (Lipinski definition) is 0. The zero-order chi connectivity index (χ0) is 24.4. The zero-order valence-electron chi connectivity index (χ0n) is 20.3. The van der Waals surface area contributed by atoms with Crippen LogP contribution in [0.25, 0.3) is 11.0 Å². The molecule has 1 aliphatic rings. The van der Waals surface area contributed by atoms with E-state index in [-0.39, 0.29) is 12.5 Å². The van der Waals surface area contributed by atoms with Gasteiger partial charge in [-0.15, -0.1) is 0 Å². The van der Waals surface area contributed by atoms with Crippen molar-refractivity contribution in [2.45, 2.75) is 33.2 Å². The molecule has 1 aromatic heterocycles. The van der Waals surface area contributed by atoms with E-state index in [4.69, 9.17) is 19.2 Å². The van der Waals surface area contributed by atoms with E-state index in [9.17, 15) is 9.59 Å². The van der Waals surface area contributed by atoms with Gasteiger partial charge in [-0.05, 0) is 37.5 Å². The van der Waals surface area contributed by atoms with Crippen molar-refractivity contribution in [3.05, 3.63) is 48.0 Å². The van der Waals surface area contributed by atoms with Crippen molar-refractivity contribution >= 4 is 28.9 Å². The van der Waals surface area contributed by atoms with E-state index in [0.29, 0.717) is 35.5 Å². The third-order valence-electron chi connectivity index (χ3n) is 6.17. The van der Waals surface area contributed by atoms with Crippen LogP contribution in [0.5, 0.6) is 11.5 Å². The van der Waals surface area contributed by atoms with Crippen LogP contribution in [-0.2, 0) is 14.3 Å². The van der Waals surface area contributed by atoms with Crippen molar-refractivity contribution in [1.82, 2.24) is 9.55 Å². The van der Waals surface area contributed by atoms with Gasteiger partial charge in [0, 0.05) is 12.1 Å². The molecule has 180 valence electrons. The van der Waals surface area contributed by atoms with Crippen LogP contribution in [0.2, 0.25) is 0 Å². The van der Waals surface area contributed by atoms with E-state index >= 15 is 0 Å². The second kappa shape index (κ2) is 9.75. The van der Waals surface area contributed by atoms with Crippen LogP contribution < -0.4 is 14.4 Å². The Kier molecular flexibility index (Phi) is 6.77. The highest BCUT2D eigenvalue weighted by Gasteiger charge is 2.48. The van der Waals surface area contributed by atoms with Crippen molar-refractivity contribution in [2.24, 2.45) is 11.8 Å². The summed E-state index contributed by atoms with van der Waals surface area (Å²) in [5.41, 5.74) is 2.22. The van der Waals surface area contributed by atoms with Crippen molar-refractivity contribution < 1.29 is 23.8 Å². The number of carbonyl (C=O) groups is 2. The molecule has 2 unspecified atom stereocenters. The number of fused-ring (bicyclic) bond motifs is 3. The summed E-state index contributed by atoms with van der Waals surface area (Å²) < 4.78 is 18.6. The first-order valence-corrected chi connectivity index (χ1v) is 11.6. The zero-order valence-corrected chi connectivity index (χ0v) is 20.3. The van der Waals surface area contributed by atoms with E-state index in [2.05, 4.69) is 13.8 Å². The number of hydrogen-bond acceptors (Lipinski definition) is 6. The Hall–Kier alpha value is -3.55. The predicted molar refractivity (Wildman–Crippen MR) is 129 cm³/mol. The first kappa shape index (κ1) is 23.6. The molecule has 3 aromatic rings. The molecular weight excluding hydrogens is 434 g/mol. The highest BCUT2D eigenvalue weighted by molar-refractivity contribution is 6.08. The number of carbonyl (C=O) groups excluding carboxylic acids is 2. The molecule has 8 heteroatoms. The summed E-state index contributed by atoms with van der Waals surface area (Å²) in [6.45, 7) is 6.57. The highest BCUT2D eigenvalue weighted by Crippen LogP contribution is 2.46. The lowest BCUT2D eigenvalue weighted by Crippen LogP contribution is -2.50. The van der Waals surface area contributed by atoms with E-state index in [1.807, 2.05) is 41.0 Å². The molecule has 1 amide bonds. The molecule has 4 rings (SSSR count). The normalized spacial score (nSPS) is 17.7. The summed E-state index contributed by atoms with van der Waals surface area (Å²) in [6, 6.07) is 12.4. The van der Waals surface area contributed by atoms with E-state index in [0.717, 1.165) is 17.5 Å². The van der Waals surface area contributed by atoms with Crippen LogP contribution >= 0.6 is 0 Å². The number of aromatic nitrogens is 2. The minimum Gasteiger partial charge on any atom is -0.493 e. The Balaban J connectivity index is 2.02. The van der Waals surface area contributed by atoms with Gasteiger partial charge in [0.15, 0.2) is 17.4 Å². The van der Waals surface area contributed by atoms with Crippen LogP contribution in [0.3, 0.4) is 0 Å². The van der Waals surface area contributed by atoms with Gasteiger partial charge in [0.2, 0.25) is 11.9 Å². The van der Waals surface area contributed by atoms with Crippen LogP contribution in [-0.4, -0.2) is 48.8 Å². The lowest BCUT2D eigenvalue weighted by atomic mass is 9.88. The standard InChI is InChI=1S/C26H31N3O5/c1-6-34-25(31)21-22(17-10-9-13-20(32-4)23(17)33-5)29-19-12-8-7-11-18(19)27-26(29)28(24(21)30)15-14-16(2)3/h7-13,16,21-22H,6,14-15H2,1-5H3. The van der Waals surface area contributed by atoms with Gasteiger partial charge in [-0.25, -0.2) is 4.98 Å². The maximum absolute atomic E-state index is 13.9. The van der Waals surface area contributed by atoms with Gasteiger partial charge in [0.25, 0.3) is 0 Å². The van der Waals surface area contributed by atoms with E-state index in [1.54, 1.807) is 32.1 Å². The van der Waals surface area contributed by atoms with Crippen molar-refractivity contribution in [3.63, 3.8) is 0 Å². The number of para-hydroxylation sites is 3. The number of methoxy groups -OCH3 is 2. The Morgan fingerprint density at radius 2 is 1.85 bits per heavy atom. The molecule has 0 fully saturated rings. The lowest BCUT2D eigenvalue weighted by Gasteiger charge is -2.38. The fourth-order valence-electron chi connectivity index (χ4n) is 4.57. The van der Waals surface area contributed by atoms with Crippen LogP contribution in [0, 0.1) is 11.8 Å². The van der Waals surface area contributed by atoms with Gasteiger partial charge < -0.3 is 18.8 Å². The first-order valence-electron chi connectivity index (χ1n) is 11.6. The molecule has 2 heterocycles. The number of esters is 1. The van der Waals surface area contributed by atoms with Gasteiger partial charge in [-0.1, -0.05) is 38.1 Å². The Labute approximate surface area is 199 Å². The summed E-state index contributed by atoms with van der Waals surface area (Å²) in [5, 5.41) is 0. The summed E-state index contributed by atoms with van der Waals surface area (Å²) in [7, 11) is 3.11. The molecule has 8 nitrogen and oxygen atoms in total. The van der Waals surface area contributed by atoms with Crippen molar-refractivity contribution in [2.75, 3.05) is 32.3 Å². The monoisotopic (exact) mass is 465 g/mol. The molecule has 0 saturated heterocycles. The number of amides is 1. The number of ether oxygens (including phenoxy) is 3. The molecule has 0 bridgehead atoms. The Bertz CT molecular complexity index is 1200. The molecule has 1 aliphatic heterocycles. The highest BCUT2D eigenvalue weighted by atomic mass is 16.5. The van der Waals surface area contributed by atoms with Gasteiger partial charge in [-0.2, -0.15) is 0 Å². The average Bonchev–Trinajstić information content (AvgIpc) is 3.21. The smallest absolute Gasteiger partial charge is 0.321 e. The van der Waals surface area contributed by atoms with Gasteiger partial charge >= 0.3 is 5.97 Å². The third kappa shape index (κ3) is 3.97. The minimum absolute atomic E-state index is 0.175. The Morgan fingerprint density at radius 3 is 2.53 bits per heavy atom. The van der Waals surface area contributed by atoms with Gasteiger partial charge in [-0.3, -0.25) is 14.5 Å². The number of benzene rings is 2. The van der Waals surface area contributed by atoms with Crippen LogP contribution in [0.15, 0.2) is 42.5 Å². The average molecular weight is 466 g/mol. The maximum atomic E-state index is 13.9. The van der Waals surface area contributed by atoms with E-state index < -0.39 is 17.9 Å². The molecule has 0 radical (unpaired) electrons.